The Balaban J connectivity index is 0.000000310. The molecule has 10 atom stereocenters. The number of aryl methyl sites for hydroxylation is 2. The highest BCUT2D eigenvalue weighted by molar-refractivity contribution is 5.69. The normalized spacial score (nSPS) is 25.7. The maximum Gasteiger partial charge on any atom is 0.305 e. The van der Waals surface area contributed by atoms with Gasteiger partial charge in [0.1, 0.15) is 0 Å². The quantitative estimate of drug-likeness (QED) is 0.0677. The second-order valence-electron chi connectivity index (χ2n) is 18.0. The minimum absolute atomic E-state index is 0.108. The van der Waals surface area contributed by atoms with Gasteiger partial charge < -0.3 is 9.47 Å². The summed E-state index contributed by atoms with van der Waals surface area (Å²) in [7, 11) is 2.91. The van der Waals surface area contributed by atoms with E-state index in [2.05, 4.69) is 151 Å². The van der Waals surface area contributed by atoms with Crippen LogP contribution in [0, 0.1) is 59.2 Å². The first kappa shape index (κ1) is 48.7. The van der Waals surface area contributed by atoms with Gasteiger partial charge in [0.05, 0.1) is 14.2 Å². The zero-order chi connectivity index (χ0) is 42.1. The third kappa shape index (κ3) is 18.5. The van der Waals surface area contributed by atoms with Gasteiger partial charge in [-0.05, 0) is 147 Å². The third-order valence-electron chi connectivity index (χ3n) is 13.1. The zero-order valence-electron chi connectivity index (χ0n) is 37.7. The summed E-state index contributed by atoms with van der Waals surface area (Å²) in [6, 6.07) is 21.6. The zero-order valence-corrected chi connectivity index (χ0v) is 37.7. The Morgan fingerprint density at radius 1 is 0.586 bits per heavy atom. The summed E-state index contributed by atoms with van der Waals surface area (Å²) in [5, 5.41) is 0. The Labute approximate surface area is 355 Å². The molecular weight excluding hydrogens is 713 g/mol. The van der Waals surface area contributed by atoms with E-state index in [0.717, 1.165) is 86.9 Å². The van der Waals surface area contributed by atoms with Crippen molar-refractivity contribution in [1.82, 2.24) is 0 Å². The van der Waals surface area contributed by atoms with Crippen LogP contribution in [-0.2, 0) is 31.9 Å². The molecular formula is C54H80O4. The predicted octanol–water partition coefficient (Wildman–Crippen LogP) is 14.0. The Morgan fingerprint density at radius 3 is 1.33 bits per heavy atom. The maximum atomic E-state index is 11.2. The summed E-state index contributed by atoms with van der Waals surface area (Å²) in [6.07, 6.45) is 33.6. The summed E-state index contributed by atoms with van der Waals surface area (Å²) in [4.78, 5) is 22.4. The number of hydrogen-bond acceptors (Lipinski definition) is 4. The summed E-state index contributed by atoms with van der Waals surface area (Å²) < 4.78 is 9.39. The molecule has 4 heteroatoms. The molecule has 58 heavy (non-hydrogen) atoms. The maximum absolute atomic E-state index is 11.2. The summed E-state index contributed by atoms with van der Waals surface area (Å²) in [5.74, 6) is 6.94. The van der Waals surface area contributed by atoms with Gasteiger partial charge in [0, 0.05) is 12.8 Å². The molecule has 0 aliphatic heterocycles. The van der Waals surface area contributed by atoms with E-state index in [1.807, 2.05) is 0 Å². The van der Waals surface area contributed by atoms with Crippen molar-refractivity contribution >= 4 is 11.9 Å². The van der Waals surface area contributed by atoms with Crippen LogP contribution in [-0.4, -0.2) is 26.2 Å². The van der Waals surface area contributed by atoms with Crippen LogP contribution in [0.5, 0.6) is 0 Å². The van der Waals surface area contributed by atoms with Gasteiger partial charge in [-0.3, -0.25) is 9.59 Å². The van der Waals surface area contributed by atoms with Crippen molar-refractivity contribution in [3.63, 3.8) is 0 Å². The number of benzene rings is 2. The van der Waals surface area contributed by atoms with Crippen LogP contribution < -0.4 is 0 Å². The fraction of sp³-hybridized carbons (Fsp3) is 0.593. The molecule has 0 bridgehead atoms. The average molecular weight is 793 g/mol. The number of hydrogen-bond donors (Lipinski definition) is 0. The van der Waals surface area contributed by atoms with Crippen molar-refractivity contribution < 1.29 is 19.1 Å². The van der Waals surface area contributed by atoms with Crippen molar-refractivity contribution in [3.8, 4) is 0 Å². The highest BCUT2D eigenvalue weighted by Gasteiger charge is 2.37. The fourth-order valence-corrected chi connectivity index (χ4v) is 9.46. The summed E-state index contributed by atoms with van der Waals surface area (Å²) in [6.45, 7) is 14.4. The topological polar surface area (TPSA) is 52.6 Å². The molecule has 2 aliphatic rings. The van der Waals surface area contributed by atoms with Crippen LogP contribution in [0.3, 0.4) is 0 Å². The number of ether oxygens (including phenoxy) is 2. The Bertz CT molecular complexity index is 1410. The standard InChI is InChI=1S/2C27H40O2/c2*1-21(16-18-24-12-8-7-9-13-24)17-19-26-23(3)20-22(2)25(26)14-10-5-6-11-15-27(28)29-4/h2*5,7-10,12-13,17,19,21-23,25-26H,6,11,14-16,18,20H2,1-4H3/b10-5+,19-17+;10-5-,19-17+/t2*21-,22-,23+,25-,26-/m00/s1. The van der Waals surface area contributed by atoms with E-state index in [1.54, 1.807) is 0 Å². The Hall–Kier alpha value is -3.66. The molecule has 0 spiro atoms. The SMILES string of the molecule is COC(=O)CCC/C=C/C[C@@H]1[C@@H](/C=C/[C@@H](C)CCc2ccccc2)[C@H](C)C[C@@H]1C.COC(=O)CCC/C=C\C[C@@H]1[C@@H](/C=C/[C@@H](C)CCc2ccccc2)[C@H](C)C[C@@H]1C. The first-order valence-electron chi connectivity index (χ1n) is 22.9. The molecule has 0 unspecified atom stereocenters. The van der Waals surface area contributed by atoms with Crippen LogP contribution in [0.4, 0.5) is 0 Å². The molecule has 0 radical (unpaired) electrons. The second-order valence-corrected chi connectivity index (χ2v) is 18.0. The number of esters is 2. The lowest BCUT2D eigenvalue weighted by molar-refractivity contribution is -0.141. The molecule has 0 N–H and O–H groups in total. The van der Waals surface area contributed by atoms with E-state index in [0.29, 0.717) is 36.5 Å². The van der Waals surface area contributed by atoms with Crippen molar-refractivity contribution in [1.29, 1.82) is 0 Å². The molecule has 4 nitrogen and oxygen atoms in total. The van der Waals surface area contributed by atoms with Crippen LogP contribution in [0.2, 0.25) is 0 Å². The number of allylic oxidation sites excluding steroid dienone is 8. The smallest absolute Gasteiger partial charge is 0.305 e. The lowest BCUT2D eigenvalue weighted by atomic mass is 9.84. The fourth-order valence-electron chi connectivity index (χ4n) is 9.46. The highest BCUT2D eigenvalue weighted by Crippen LogP contribution is 2.45. The van der Waals surface area contributed by atoms with Gasteiger partial charge in [-0.2, -0.15) is 0 Å². The van der Waals surface area contributed by atoms with Gasteiger partial charge >= 0.3 is 11.9 Å². The van der Waals surface area contributed by atoms with Gasteiger partial charge in [-0.1, -0.05) is 151 Å². The van der Waals surface area contributed by atoms with Crippen molar-refractivity contribution in [3.05, 3.63) is 120 Å². The Kier molecular flexibility index (Phi) is 23.4. The predicted molar refractivity (Wildman–Crippen MR) is 245 cm³/mol. The lowest BCUT2D eigenvalue weighted by Gasteiger charge is -2.21. The van der Waals surface area contributed by atoms with Crippen LogP contribution >= 0.6 is 0 Å². The lowest BCUT2D eigenvalue weighted by Crippen LogP contribution is -2.13. The van der Waals surface area contributed by atoms with Crippen LogP contribution in [0.1, 0.15) is 130 Å². The number of carbonyl (C=O) groups is 2. The third-order valence-corrected chi connectivity index (χ3v) is 13.1. The van der Waals surface area contributed by atoms with Gasteiger partial charge in [0.25, 0.3) is 0 Å². The Morgan fingerprint density at radius 2 is 0.966 bits per heavy atom. The van der Waals surface area contributed by atoms with E-state index in [-0.39, 0.29) is 11.9 Å². The highest BCUT2D eigenvalue weighted by atomic mass is 16.5. The molecule has 4 rings (SSSR count). The molecule has 2 fully saturated rings. The largest absolute Gasteiger partial charge is 0.469 e. The number of unbranched alkanes of at least 4 members (excludes halogenated alkanes) is 2. The van der Waals surface area contributed by atoms with Crippen LogP contribution in [0.15, 0.2) is 109 Å². The van der Waals surface area contributed by atoms with E-state index in [4.69, 9.17) is 9.47 Å². The molecule has 0 amide bonds. The molecule has 2 aromatic carbocycles. The van der Waals surface area contributed by atoms with Crippen molar-refractivity contribution in [2.45, 2.75) is 131 Å². The molecule has 0 heterocycles. The molecule has 2 aliphatic carbocycles. The molecule has 2 saturated carbocycles. The molecule has 0 saturated heterocycles. The molecule has 320 valence electrons. The number of carbonyl (C=O) groups excluding carboxylic acids is 2. The summed E-state index contributed by atoms with van der Waals surface area (Å²) in [5.41, 5.74) is 2.87. The second kappa shape index (κ2) is 27.9. The molecule has 2 aromatic rings. The van der Waals surface area contributed by atoms with Gasteiger partial charge in [-0.15, -0.1) is 0 Å². The minimum atomic E-state index is -0.108. The van der Waals surface area contributed by atoms with Gasteiger partial charge in [0.15, 0.2) is 0 Å². The minimum Gasteiger partial charge on any atom is -0.469 e. The van der Waals surface area contributed by atoms with E-state index < -0.39 is 0 Å². The van der Waals surface area contributed by atoms with Crippen LogP contribution in [0.25, 0.3) is 0 Å². The molecule has 0 aromatic heterocycles. The van der Waals surface area contributed by atoms with Crippen molar-refractivity contribution in [2.24, 2.45) is 59.2 Å². The monoisotopic (exact) mass is 793 g/mol. The average Bonchev–Trinajstić information content (AvgIpc) is 3.66. The van der Waals surface area contributed by atoms with Gasteiger partial charge in [-0.25, -0.2) is 0 Å². The van der Waals surface area contributed by atoms with Crippen molar-refractivity contribution in [2.75, 3.05) is 14.2 Å². The van der Waals surface area contributed by atoms with Gasteiger partial charge in [0.2, 0.25) is 0 Å². The van der Waals surface area contributed by atoms with E-state index in [1.165, 1.54) is 51.0 Å². The first-order valence-corrected chi connectivity index (χ1v) is 22.9. The number of rotatable bonds is 22. The number of methoxy groups -OCH3 is 2. The van der Waals surface area contributed by atoms with E-state index in [9.17, 15) is 9.59 Å². The first-order chi connectivity index (χ1) is 28.0. The summed E-state index contributed by atoms with van der Waals surface area (Å²) >= 11 is 0. The van der Waals surface area contributed by atoms with E-state index >= 15 is 0 Å².